The highest BCUT2D eigenvalue weighted by Gasteiger charge is 2.28. The van der Waals surface area contributed by atoms with Crippen molar-refractivity contribution in [3.8, 4) is 0 Å². The first-order valence-electron chi connectivity index (χ1n) is 9.33. The Bertz CT molecular complexity index is 899. The lowest BCUT2D eigenvalue weighted by Gasteiger charge is -2.32. The maximum absolute atomic E-state index is 6.08. The van der Waals surface area contributed by atoms with Crippen LogP contribution in [0.25, 0.3) is 5.78 Å². The van der Waals surface area contributed by atoms with Crippen LogP contribution in [0.3, 0.4) is 0 Å². The van der Waals surface area contributed by atoms with Crippen LogP contribution in [0.1, 0.15) is 48.5 Å². The molecular formula is C19H26N6O. The summed E-state index contributed by atoms with van der Waals surface area (Å²) in [5.74, 6) is 0.764. The van der Waals surface area contributed by atoms with Crippen molar-refractivity contribution in [3.05, 3.63) is 47.3 Å². The van der Waals surface area contributed by atoms with Crippen molar-refractivity contribution in [2.75, 3.05) is 6.61 Å². The van der Waals surface area contributed by atoms with Crippen LogP contribution < -0.4 is 5.32 Å². The largest absolute Gasteiger partial charge is 0.372 e. The summed E-state index contributed by atoms with van der Waals surface area (Å²) in [5, 5.41) is 8.08. The minimum atomic E-state index is 0.0460. The fourth-order valence-corrected chi connectivity index (χ4v) is 3.77. The van der Waals surface area contributed by atoms with Crippen molar-refractivity contribution >= 4 is 5.78 Å². The van der Waals surface area contributed by atoms with Crippen molar-refractivity contribution < 1.29 is 4.74 Å². The van der Waals surface area contributed by atoms with Gasteiger partial charge >= 0.3 is 0 Å². The molecule has 3 aromatic heterocycles. The highest BCUT2D eigenvalue weighted by molar-refractivity contribution is 5.35. The van der Waals surface area contributed by atoms with E-state index < -0.39 is 0 Å². The number of fused-ring (bicyclic) bond motifs is 1. The summed E-state index contributed by atoms with van der Waals surface area (Å²) >= 11 is 0. The number of imidazole rings is 1. The smallest absolute Gasteiger partial charge is 0.234 e. The van der Waals surface area contributed by atoms with Crippen LogP contribution in [0.4, 0.5) is 0 Å². The average molecular weight is 354 g/mol. The van der Waals surface area contributed by atoms with Crippen molar-refractivity contribution in [2.45, 2.75) is 58.8 Å². The number of aryl methyl sites for hydroxylation is 3. The van der Waals surface area contributed by atoms with Crippen LogP contribution in [-0.2, 0) is 17.8 Å². The maximum Gasteiger partial charge on any atom is 0.234 e. The molecule has 1 aliphatic rings. The first kappa shape index (κ1) is 17.2. The summed E-state index contributed by atoms with van der Waals surface area (Å²) in [4.78, 5) is 8.98. The first-order valence-corrected chi connectivity index (χ1v) is 9.33. The van der Waals surface area contributed by atoms with Gasteiger partial charge in [0.05, 0.1) is 18.1 Å². The Labute approximate surface area is 153 Å². The molecule has 0 unspecified atom stereocenters. The number of nitrogens with one attached hydrogen (secondary N) is 1. The van der Waals surface area contributed by atoms with E-state index in [4.69, 9.17) is 4.74 Å². The number of hydrogen-bond donors (Lipinski definition) is 1. The van der Waals surface area contributed by atoms with E-state index in [1.165, 1.54) is 0 Å². The molecule has 0 amide bonds. The number of hydrogen-bond acceptors (Lipinski definition) is 5. The molecule has 0 radical (unpaired) electrons. The molecule has 1 aliphatic heterocycles. The third kappa shape index (κ3) is 3.24. The molecule has 0 saturated carbocycles. The molecule has 0 bridgehead atoms. The molecule has 4 heterocycles. The average Bonchev–Trinajstić information content (AvgIpc) is 3.27. The lowest BCUT2D eigenvalue weighted by molar-refractivity contribution is -0.0113. The van der Waals surface area contributed by atoms with E-state index >= 15 is 0 Å². The normalized spacial score (nSPS) is 20.7. The van der Waals surface area contributed by atoms with Crippen LogP contribution in [0.2, 0.25) is 0 Å². The molecular weight excluding hydrogens is 328 g/mol. The second-order valence-corrected chi connectivity index (χ2v) is 6.97. The predicted octanol–water partition coefficient (Wildman–Crippen LogP) is 2.57. The van der Waals surface area contributed by atoms with Gasteiger partial charge < -0.3 is 10.1 Å². The lowest BCUT2D eigenvalue weighted by Crippen LogP contribution is -2.39. The second kappa shape index (κ2) is 7.17. The minimum absolute atomic E-state index is 0.0460. The Kier molecular flexibility index (Phi) is 4.74. The van der Waals surface area contributed by atoms with Gasteiger partial charge in [0.25, 0.3) is 0 Å². The van der Waals surface area contributed by atoms with Gasteiger partial charge in [0.1, 0.15) is 6.10 Å². The molecule has 26 heavy (non-hydrogen) atoms. The Morgan fingerprint density at radius 3 is 3.00 bits per heavy atom. The fraction of sp³-hybridized carbons (Fsp3) is 0.526. The molecule has 4 rings (SSSR count). The zero-order valence-corrected chi connectivity index (χ0v) is 15.6. The van der Waals surface area contributed by atoms with E-state index in [0.29, 0.717) is 0 Å². The van der Waals surface area contributed by atoms with Gasteiger partial charge in [-0.1, -0.05) is 0 Å². The topological polar surface area (TPSA) is 69.3 Å². The first-order chi connectivity index (χ1) is 12.7. The van der Waals surface area contributed by atoms with E-state index in [-0.39, 0.29) is 12.1 Å². The molecule has 0 aromatic carbocycles. The molecule has 0 spiro atoms. The molecule has 7 heteroatoms. The molecule has 1 fully saturated rings. The van der Waals surface area contributed by atoms with Gasteiger partial charge in [0, 0.05) is 48.9 Å². The summed E-state index contributed by atoms with van der Waals surface area (Å²) in [5.41, 5.74) is 4.42. The molecule has 1 saturated heterocycles. The Morgan fingerprint density at radius 2 is 2.19 bits per heavy atom. The predicted molar refractivity (Wildman–Crippen MR) is 98.9 cm³/mol. The van der Waals surface area contributed by atoms with Crippen LogP contribution in [0.15, 0.2) is 24.7 Å². The molecule has 3 aromatic rings. The highest BCUT2D eigenvalue weighted by Crippen LogP contribution is 2.28. The van der Waals surface area contributed by atoms with Gasteiger partial charge in [-0.25, -0.2) is 9.97 Å². The maximum atomic E-state index is 6.08. The quantitative estimate of drug-likeness (QED) is 0.763. The minimum Gasteiger partial charge on any atom is -0.372 e. The number of rotatable bonds is 5. The Hall–Kier alpha value is -2.25. The van der Waals surface area contributed by atoms with Crippen LogP contribution >= 0.6 is 0 Å². The number of ether oxygens (including phenoxy) is 1. The second-order valence-electron chi connectivity index (χ2n) is 6.97. The molecule has 7 nitrogen and oxygen atoms in total. The third-order valence-electron chi connectivity index (χ3n) is 5.04. The van der Waals surface area contributed by atoms with Crippen molar-refractivity contribution in [1.82, 2.24) is 29.5 Å². The van der Waals surface area contributed by atoms with E-state index in [2.05, 4.69) is 50.9 Å². The van der Waals surface area contributed by atoms with Gasteiger partial charge in [-0.2, -0.15) is 5.10 Å². The zero-order chi connectivity index (χ0) is 18.1. The van der Waals surface area contributed by atoms with E-state index in [9.17, 15) is 0 Å². The van der Waals surface area contributed by atoms with Gasteiger partial charge in [-0.3, -0.25) is 9.08 Å². The van der Waals surface area contributed by atoms with Gasteiger partial charge in [-0.15, -0.1) is 0 Å². The van der Waals surface area contributed by atoms with Crippen LogP contribution in [0.5, 0.6) is 0 Å². The van der Waals surface area contributed by atoms with E-state index in [0.717, 1.165) is 61.0 Å². The highest BCUT2D eigenvalue weighted by atomic mass is 16.5. The Balaban J connectivity index is 1.52. The molecule has 0 aliphatic carbocycles. The van der Waals surface area contributed by atoms with Gasteiger partial charge in [0.15, 0.2) is 0 Å². The van der Waals surface area contributed by atoms with E-state index in [1.54, 1.807) is 0 Å². The van der Waals surface area contributed by atoms with Crippen molar-refractivity contribution in [1.29, 1.82) is 0 Å². The third-order valence-corrected chi connectivity index (χ3v) is 5.04. The van der Waals surface area contributed by atoms with E-state index in [1.807, 2.05) is 24.0 Å². The molecule has 2 atom stereocenters. The molecule has 1 N–H and O–H groups in total. The SMILES string of the molecule is CCn1cc([C@H]2OCCC[C@@H]2NCc2cnc3nc(C)cc(C)n23)cn1. The van der Waals surface area contributed by atoms with Gasteiger partial charge in [-0.05, 0) is 39.7 Å². The standard InChI is InChI=1S/C19H26N6O/c1-4-24-12-15(9-22-24)18-17(6-5-7-26-18)20-10-16-11-21-19-23-13(2)8-14(3)25(16)19/h8-9,11-12,17-18,20H,4-7,10H2,1-3H3/t17-,18+/m0/s1. The van der Waals surface area contributed by atoms with Crippen LogP contribution in [-0.4, -0.2) is 36.8 Å². The zero-order valence-electron chi connectivity index (χ0n) is 15.6. The summed E-state index contributed by atoms with van der Waals surface area (Å²) in [7, 11) is 0. The summed E-state index contributed by atoms with van der Waals surface area (Å²) in [6.45, 7) is 8.60. The van der Waals surface area contributed by atoms with Crippen LogP contribution in [0, 0.1) is 13.8 Å². The van der Waals surface area contributed by atoms with Crippen molar-refractivity contribution in [2.24, 2.45) is 0 Å². The number of nitrogens with zero attached hydrogens (tertiary/aromatic N) is 5. The van der Waals surface area contributed by atoms with Crippen molar-refractivity contribution in [3.63, 3.8) is 0 Å². The van der Waals surface area contributed by atoms with Gasteiger partial charge in [0.2, 0.25) is 5.78 Å². The fourth-order valence-electron chi connectivity index (χ4n) is 3.77. The summed E-state index contributed by atoms with van der Waals surface area (Å²) in [6, 6.07) is 2.35. The molecule has 138 valence electrons. The lowest BCUT2D eigenvalue weighted by atomic mass is 9.98. The summed E-state index contributed by atoms with van der Waals surface area (Å²) < 4.78 is 10.2. The number of aromatic nitrogens is 5. The monoisotopic (exact) mass is 354 g/mol. The summed E-state index contributed by atoms with van der Waals surface area (Å²) in [6.07, 6.45) is 8.15. The Morgan fingerprint density at radius 1 is 1.31 bits per heavy atom.